The molecule has 1 heterocycles. The molecule has 1 fully saturated rings. The maximum absolute atomic E-state index is 12.3. The molecule has 1 aliphatic rings. The summed E-state index contributed by atoms with van der Waals surface area (Å²) in [5.41, 5.74) is -0.539. The van der Waals surface area contributed by atoms with Crippen molar-refractivity contribution in [1.29, 1.82) is 0 Å². The fourth-order valence-electron chi connectivity index (χ4n) is 2.39. The van der Waals surface area contributed by atoms with Gasteiger partial charge in [-0.2, -0.15) is 0 Å². The number of carbonyl (C=O) groups is 2. The Bertz CT molecular complexity index is 352. The van der Waals surface area contributed by atoms with E-state index in [-0.39, 0.29) is 30.3 Å². The molecular formula is C14H26N2O4. The lowest BCUT2D eigenvalue weighted by Crippen LogP contribution is -2.53. The van der Waals surface area contributed by atoms with Crippen molar-refractivity contribution < 1.29 is 19.1 Å². The number of esters is 2. The zero-order valence-electron chi connectivity index (χ0n) is 12.8. The molecule has 6 nitrogen and oxygen atoms in total. The Morgan fingerprint density at radius 1 is 1.35 bits per heavy atom. The monoisotopic (exact) mass is 286 g/mol. The lowest BCUT2D eigenvalue weighted by Gasteiger charge is -2.37. The van der Waals surface area contributed by atoms with Crippen molar-refractivity contribution in [2.75, 3.05) is 13.2 Å². The summed E-state index contributed by atoms with van der Waals surface area (Å²) in [7, 11) is 0. The van der Waals surface area contributed by atoms with Crippen LogP contribution in [0.3, 0.4) is 0 Å². The van der Waals surface area contributed by atoms with E-state index in [1.54, 1.807) is 11.9 Å². The van der Waals surface area contributed by atoms with E-state index in [1.807, 2.05) is 20.8 Å². The number of nitrogens with two attached hydrogens (primary N) is 1. The molecule has 6 heteroatoms. The summed E-state index contributed by atoms with van der Waals surface area (Å²) in [5, 5.41) is 1.56. The van der Waals surface area contributed by atoms with Crippen LogP contribution in [-0.2, 0) is 19.1 Å². The summed E-state index contributed by atoms with van der Waals surface area (Å²) in [6.45, 7) is 8.23. The molecule has 0 aliphatic carbocycles. The first-order valence-corrected chi connectivity index (χ1v) is 7.14. The Labute approximate surface area is 120 Å². The van der Waals surface area contributed by atoms with Gasteiger partial charge in [0.1, 0.15) is 5.60 Å². The van der Waals surface area contributed by atoms with E-state index in [2.05, 4.69) is 0 Å². The first-order valence-electron chi connectivity index (χ1n) is 7.14. The van der Waals surface area contributed by atoms with Gasteiger partial charge in [-0.05, 0) is 40.5 Å². The second-order valence-electron chi connectivity index (χ2n) is 6.10. The van der Waals surface area contributed by atoms with Gasteiger partial charge in [0.05, 0.1) is 18.9 Å². The van der Waals surface area contributed by atoms with Crippen molar-refractivity contribution in [3.05, 3.63) is 0 Å². The van der Waals surface area contributed by atoms with Crippen LogP contribution >= 0.6 is 0 Å². The Kier molecular flexibility index (Phi) is 5.95. The third-order valence-corrected chi connectivity index (χ3v) is 3.21. The smallest absolute Gasteiger partial charge is 0.311 e. The summed E-state index contributed by atoms with van der Waals surface area (Å²) in [6.07, 6.45) is 1.63. The first-order chi connectivity index (χ1) is 9.24. The third-order valence-electron chi connectivity index (χ3n) is 3.21. The molecule has 0 aromatic heterocycles. The summed E-state index contributed by atoms with van der Waals surface area (Å²) in [5.74, 6) is 4.94. The SMILES string of the molecule is CCOC(=O)C[C@H]1[C@@H](C(=O)OC(C)(C)C)CCCN1N. The summed E-state index contributed by atoms with van der Waals surface area (Å²) >= 11 is 0. The van der Waals surface area contributed by atoms with E-state index in [4.69, 9.17) is 15.3 Å². The van der Waals surface area contributed by atoms with Gasteiger partial charge in [-0.25, -0.2) is 5.01 Å². The van der Waals surface area contributed by atoms with Crippen LogP contribution in [0.15, 0.2) is 0 Å². The number of carbonyl (C=O) groups excluding carboxylic acids is 2. The molecule has 2 N–H and O–H groups in total. The van der Waals surface area contributed by atoms with E-state index >= 15 is 0 Å². The van der Waals surface area contributed by atoms with Gasteiger partial charge < -0.3 is 9.47 Å². The van der Waals surface area contributed by atoms with Crippen LogP contribution in [0.2, 0.25) is 0 Å². The van der Waals surface area contributed by atoms with Crippen LogP contribution in [0.5, 0.6) is 0 Å². The minimum absolute atomic E-state index is 0.119. The fraction of sp³-hybridized carbons (Fsp3) is 0.857. The Morgan fingerprint density at radius 2 is 2.00 bits per heavy atom. The molecule has 2 atom stereocenters. The molecule has 0 spiro atoms. The summed E-state index contributed by atoms with van der Waals surface area (Å²) in [6, 6.07) is -0.349. The van der Waals surface area contributed by atoms with E-state index in [9.17, 15) is 9.59 Å². The number of nitrogens with zero attached hydrogens (tertiary/aromatic N) is 1. The van der Waals surface area contributed by atoms with Gasteiger partial charge in [-0.15, -0.1) is 0 Å². The van der Waals surface area contributed by atoms with Gasteiger partial charge >= 0.3 is 11.9 Å². The van der Waals surface area contributed by atoms with Crippen LogP contribution in [0.25, 0.3) is 0 Å². The van der Waals surface area contributed by atoms with Crippen molar-refractivity contribution in [2.45, 2.75) is 58.6 Å². The number of hydrogen-bond acceptors (Lipinski definition) is 6. The second kappa shape index (κ2) is 7.04. The van der Waals surface area contributed by atoms with Crippen LogP contribution in [0.1, 0.15) is 47.0 Å². The Morgan fingerprint density at radius 3 is 2.55 bits per heavy atom. The highest BCUT2D eigenvalue weighted by molar-refractivity contribution is 5.76. The molecule has 0 aromatic rings. The van der Waals surface area contributed by atoms with E-state index in [0.29, 0.717) is 19.6 Å². The number of hydrazine groups is 1. The Balaban J connectivity index is 2.74. The fourth-order valence-corrected chi connectivity index (χ4v) is 2.39. The topological polar surface area (TPSA) is 81.9 Å². The highest BCUT2D eigenvalue weighted by atomic mass is 16.6. The molecule has 1 aliphatic heterocycles. The second-order valence-corrected chi connectivity index (χ2v) is 6.10. The van der Waals surface area contributed by atoms with Crippen LogP contribution in [0.4, 0.5) is 0 Å². The van der Waals surface area contributed by atoms with Gasteiger partial charge in [0.15, 0.2) is 0 Å². The minimum Gasteiger partial charge on any atom is -0.466 e. The van der Waals surface area contributed by atoms with Gasteiger partial charge in [0.2, 0.25) is 0 Å². The highest BCUT2D eigenvalue weighted by Gasteiger charge is 2.38. The first kappa shape index (κ1) is 16.9. The summed E-state index contributed by atoms with van der Waals surface area (Å²) in [4.78, 5) is 23.9. The Hall–Kier alpha value is -1.14. The normalized spacial score (nSPS) is 24.2. The molecule has 0 bridgehead atoms. The molecule has 1 saturated heterocycles. The minimum atomic E-state index is -0.539. The predicted octanol–water partition coefficient (Wildman–Crippen LogP) is 1.24. The van der Waals surface area contributed by atoms with E-state index < -0.39 is 5.60 Å². The average Bonchev–Trinajstić information content (AvgIpc) is 2.29. The lowest BCUT2D eigenvalue weighted by molar-refractivity contribution is -0.165. The number of piperidine rings is 1. The maximum atomic E-state index is 12.3. The average molecular weight is 286 g/mol. The maximum Gasteiger partial charge on any atom is 0.311 e. The lowest BCUT2D eigenvalue weighted by atomic mass is 9.88. The number of hydrogen-bond donors (Lipinski definition) is 1. The highest BCUT2D eigenvalue weighted by Crippen LogP contribution is 2.27. The molecule has 20 heavy (non-hydrogen) atoms. The zero-order valence-corrected chi connectivity index (χ0v) is 12.8. The van der Waals surface area contributed by atoms with Crippen molar-refractivity contribution in [3.63, 3.8) is 0 Å². The largest absolute Gasteiger partial charge is 0.466 e. The molecule has 1 rings (SSSR count). The molecule has 0 saturated carbocycles. The molecule has 116 valence electrons. The number of ether oxygens (including phenoxy) is 2. The van der Waals surface area contributed by atoms with Gasteiger partial charge in [-0.1, -0.05) is 0 Å². The molecular weight excluding hydrogens is 260 g/mol. The molecule has 0 radical (unpaired) electrons. The van der Waals surface area contributed by atoms with Gasteiger partial charge in [-0.3, -0.25) is 15.4 Å². The standard InChI is InChI=1S/C14H26N2O4/c1-5-19-12(17)9-11-10(7-6-8-16(11)15)13(18)20-14(2,3)4/h10-11H,5-9,15H2,1-4H3/t10-,11-/m0/s1. The molecule has 0 amide bonds. The van der Waals surface area contributed by atoms with Gasteiger partial charge in [0.25, 0.3) is 0 Å². The van der Waals surface area contributed by atoms with Crippen LogP contribution in [-0.4, -0.2) is 41.7 Å². The van der Waals surface area contributed by atoms with Crippen molar-refractivity contribution in [1.82, 2.24) is 5.01 Å². The van der Waals surface area contributed by atoms with Crippen LogP contribution in [0, 0.1) is 5.92 Å². The zero-order chi connectivity index (χ0) is 15.3. The van der Waals surface area contributed by atoms with Gasteiger partial charge in [0, 0.05) is 12.6 Å². The van der Waals surface area contributed by atoms with Crippen LogP contribution < -0.4 is 5.84 Å². The number of rotatable bonds is 4. The molecule has 0 unspecified atom stereocenters. The quantitative estimate of drug-likeness (QED) is 0.618. The van der Waals surface area contributed by atoms with Crippen molar-refractivity contribution >= 4 is 11.9 Å². The van der Waals surface area contributed by atoms with Crippen molar-refractivity contribution in [2.24, 2.45) is 11.8 Å². The van der Waals surface area contributed by atoms with E-state index in [0.717, 1.165) is 6.42 Å². The third kappa shape index (κ3) is 5.09. The van der Waals surface area contributed by atoms with Crippen molar-refractivity contribution in [3.8, 4) is 0 Å². The molecule has 0 aromatic carbocycles. The van der Waals surface area contributed by atoms with E-state index in [1.165, 1.54) is 0 Å². The summed E-state index contributed by atoms with van der Waals surface area (Å²) < 4.78 is 10.4. The predicted molar refractivity (Wildman–Crippen MR) is 74.5 cm³/mol.